The summed E-state index contributed by atoms with van der Waals surface area (Å²) in [4.78, 5) is 55.3. The quantitative estimate of drug-likeness (QED) is 0.443. The molecule has 1 aromatic heterocycles. The topological polar surface area (TPSA) is 127 Å². The zero-order valence-electron chi connectivity index (χ0n) is 17.4. The van der Waals surface area contributed by atoms with Gasteiger partial charge in [0, 0.05) is 23.4 Å². The number of nitrogens with zero attached hydrogens (tertiary/aromatic N) is 2. The van der Waals surface area contributed by atoms with E-state index in [0.29, 0.717) is 28.7 Å². The number of nitrogens with one attached hydrogen (secondary N) is 2. The molecule has 1 aliphatic heterocycles. The molecular weight excluding hydrogens is 432 g/mol. The zero-order valence-corrected chi connectivity index (χ0v) is 18.2. The van der Waals surface area contributed by atoms with Gasteiger partial charge in [-0.25, -0.2) is 14.8 Å². The summed E-state index contributed by atoms with van der Waals surface area (Å²) in [7, 11) is 0. The summed E-state index contributed by atoms with van der Waals surface area (Å²) in [5.74, 6) is -2.09. The van der Waals surface area contributed by atoms with Crippen LogP contribution < -0.4 is 10.6 Å². The van der Waals surface area contributed by atoms with Gasteiger partial charge in [0.05, 0.1) is 30.2 Å². The van der Waals surface area contributed by atoms with Crippen molar-refractivity contribution in [2.45, 2.75) is 26.2 Å². The Morgan fingerprint density at radius 2 is 1.94 bits per heavy atom. The fourth-order valence-electron chi connectivity index (χ4n) is 2.67. The van der Waals surface area contributed by atoms with Gasteiger partial charge in [-0.2, -0.15) is 0 Å². The minimum absolute atomic E-state index is 0.0203. The third kappa shape index (κ3) is 6.67. The number of amides is 3. The lowest BCUT2D eigenvalue weighted by Crippen LogP contribution is -2.24. The second kappa shape index (κ2) is 11.1. The average molecular weight is 455 g/mol. The lowest BCUT2D eigenvalue weighted by atomic mass is 10.1. The number of benzene rings is 1. The third-order valence-electron chi connectivity index (χ3n) is 4.37. The summed E-state index contributed by atoms with van der Waals surface area (Å²) >= 11 is 1.19. The van der Waals surface area contributed by atoms with E-state index in [9.17, 15) is 19.2 Å². The Morgan fingerprint density at radius 1 is 1.16 bits per heavy atom. The van der Waals surface area contributed by atoms with Crippen LogP contribution in [-0.2, 0) is 25.5 Å². The number of carbonyl (C=O) groups excluding carboxylic acids is 4. The number of rotatable bonds is 9. The summed E-state index contributed by atoms with van der Waals surface area (Å²) < 4.78 is 5.15. The van der Waals surface area contributed by atoms with Gasteiger partial charge in [0.2, 0.25) is 11.8 Å². The number of unbranched alkanes of at least 4 members (excludes halogenated alkanes) is 1. The first-order valence-corrected chi connectivity index (χ1v) is 10.9. The van der Waals surface area contributed by atoms with Gasteiger partial charge in [-0.3, -0.25) is 14.4 Å². The number of hydrogen-bond donors (Lipinski definition) is 2. The summed E-state index contributed by atoms with van der Waals surface area (Å²) in [5, 5.41) is 7.42. The predicted octanol–water partition coefficient (Wildman–Crippen LogP) is 3.00. The normalized spacial score (nSPS) is 14.8. The van der Waals surface area contributed by atoms with Crippen LogP contribution in [0.1, 0.15) is 35.8 Å². The minimum Gasteiger partial charge on any atom is -0.462 e. The summed E-state index contributed by atoms with van der Waals surface area (Å²) in [5.41, 5.74) is 1.46. The Bertz CT molecular complexity index is 1040. The first-order chi connectivity index (χ1) is 15.4. The SMILES string of the molecule is CCCCOC(=O)c1ccc(NC(=O)Cc2csc(NC(=O)C3C=CC(=O)N=C3)n2)cc1. The van der Waals surface area contributed by atoms with Crippen molar-refractivity contribution in [2.75, 3.05) is 17.2 Å². The summed E-state index contributed by atoms with van der Waals surface area (Å²) in [6.07, 6.45) is 5.75. The molecule has 3 amide bonds. The number of dihydropyridines is 1. The molecule has 32 heavy (non-hydrogen) atoms. The van der Waals surface area contributed by atoms with Crippen molar-refractivity contribution in [3.63, 3.8) is 0 Å². The Kier molecular flexibility index (Phi) is 7.98. The van der Waals surface area contributed by atoms with E-state index >= 15 is 0 Å². The number of ether oxygens (including phenoxy) is 1. The molecule has 0 bridgehead atoms. The first-order valence-electron chi connectivity index (χ1n) is 10.0. The van der Waals surface area contributed by atoms with Gasteiger partial charge in [0.15, 0.2) is 5.13 Å². The largest absolute Gasteiger partial charge is 0.462 e. The van der Waals surface area contributed by atoms with E-state index in [1.807, 2.05) is 6.92 Å². The van der Waals surface area contributed by atoms with E-state index in [0.717, 1.165) is 12.8 Å². The standard InChI is InChI=1S/C22H22N4O5S/c1-2-3-10-31-21(30)14-4-7-16(8-5-14)24-19(28)11-17-13-32-22(25-17)26-20(29)15-6-9-18(27)23-12-15/h4-9,12-13,15H,2-3,10-11H2,1H3,(H,24,28)(H,25,26,29). The number of carbonyl (C=O) groups is 4. The maximum absolute atomic E-state index is 12.3. The molecule has 0 saturated heterocycles. The van der Waals surface area contributed by atoms with Crippen LogP contribution in [-0.4, -0.2) is 41.5 Å². The van der Waals surface area contributed by atoms with Crippen LogP contribution >= 0.6 is 11.3 Å². The highest BCUT2D eigenvalue weighted by molar-refractivity contribution is 7.14. The van der Waals surface area contributed by atoms with Gasteiger partial charge in [0.25, 0.3) is 5.91 Å². The van der Waals surface area contributed by atoms with Crippen molar-refractivity contribution in [3.05, 3.63) is 53.1 Å². The monoisotopic (exact) mass is 454 g/mol. The molecule has 10 heteroatoms. The third-order valence-corrected chi connectivity index (χ3v) is 5.18. The Balaban J connectivity index is 1.48. The lowest BCUT2D eigenvalue weighted by Gasteiger charge is -2.08. The molecule has 0 saturated carbocycles. The molecule has 1 unspecified atom stereocenters. The van der Waals surface area contributed by atoms with E-state index < -0.39 is 17.8 Å². The molecule has 1 atom stereocenters. The van der Waals surface area contributed by atoms with E-state index in [4.69, 9.17) is 4.74 Å². The van der Waals surface area contributed by atoms with Crippen LogP contribution in [0.4, 0.5) is 10.8 Å². The van der Waals surface area contributed by atoms with Gasteiger partial charge in [-0.05, 0) is 30.7 Å². The van der Waals surface area contributed by atoms with Crippen molar-refractivity contribution >= 4 is 52.1 Å². The molecule has 0 fully saturated rings. The summed E-state index contributed by atoms with van der Waals surface area (Å²) in [6.45, 7) is 2.40. The molecule has 2 heterocycles. The van der Waals surface area contributed by atoms with Crippen LogP contribution in [0, 0.1) is 5.92 Å². The molecule has 9 nitrogen and oxygen atoms in total. The number of thiazole rings is 1. The van der Waals surface area contributed by atoms with Crippen molar-refractivity contribution in [1.82, 2.24) is 4.98 Å². The maximum atomic E-state index is 12.3. The molecule has 0 aliphatic carbocycles. The Hall–Kier alpha value is -3.66. The van der Waals surface area contributed by atoms with Crippen molar-refractivity contribution < 1.29 is 23.9 Å². The molecular formula is C22H22N4O5S. The van der Waals surface area contributed by atoms with Gasteiger partial charge in [0.1, 0.15) is 0 Å². The molecule has 2 N–H and O–H groups in total. The Labute approximate surface area is 188 Å². The number of esters is 1. The number of anilines is 2. The van der Waals surface area contributed by atoms with Crippen molar-refractivity contribution in [3.8, 4) is 0 Å². The fourth-order valence-corrected chi connectivity index (χ4v) is 3.39. The summed E-state index contributed by atoms with van der Waals surface area (Å²) in [6, 6.07) is 6.45. The van der Waals surface area contributed by atoms with E-state index in [-0.39, 0.29) is 18.2 Å². The number of aliphatic imine (C=N–C) groups is 1. The van der Waals surface area contributed by atoms with E-state index in [1.165, 1.54) is 29.7 Å². The molecule has 166 valence electrons. The van der Waals surface area contributed by atoms with Crippen LogP contribution in [0.25, 0.3) is 0 Å². The molecule has 0 radical (unpaired) electrons. The average Bonchev–Trinajstić information content (AvgIpc) is 3.21. The molecule has 1 aromatic carbocycles. The Morgan fingerprint density at radius 3 is 2.62 bits per heavy atom. The number of aromatic nitrogens is 1. The predicted molar refractivity (Wildman–Crippen MR) is 121 cm³/mol. The maximum Gasteiger partial charge on any atom is 0.338 e. The fraction of sp³-hybridized carbons (Fsp3) is 0.273. The molecule has 3 rings (SSSR count). The highest BCUT2D eigenvalue weighted by Gasteiger charge is 2.18. The van der Waals surface area contributed by atoms with Crippen LogP contribution in [0.3, 0.4) is 0 Å². The van der Waals surface area contributed by atoms with Crippen LogP contribution in [0.5, 0.6) is 0 Å². The highest BCUT2D eigenvalue weighted by Crippen LogP contribution is 2.18. The minimum atomic E-state index is -0.643. The zero-order chi connectivity index (χ0) is 22.9. The van der Waals surface area contributed by atoms with E-state index in [2.05, 4.69) is 20.6 Å². The van der Waals surface area contributed by atoms with Crippen LogP contribution in [0.15, 0.2) is 46.8 Å². The number of hydrogen-bond acceptors (Lipinski definition) is 7. The molecule has 0 spiro atoms. The van der Waals surface area contributed by atoms with Crippen molar-refractivity contribution in [2.24, 2.45) is 10.9 Å². The molecule has 2 aromatic rings. The second-order valence-electron chi connectivity index (χ2n) is 6.93. The highest BCUT2D eigenvalue weighted by atomic mass is 32.1. The lowest BCUT2D eigenvalue weighted by molar-refractivity contribution is -0.117. The van der Waals surface area contributed by atoms with Crippen LogP contribution in [0.2, 0.25) is 0 Å². The van der Waals surface area contributed by atoms with Gasteiger partial charge < -0.3 is 15.4 Å². The van der Waals surface area contributed by atoms with Gasteiger partial charge >= 0.3 is 5.97 Å². The first kappa shape index (κ1) is 23.0. The van der Waals surface area contributed by atoms with E-state index in [1.54, 1.807) is 29.6 Å². The molecule has 1 aliphatic rings. The van der Waals surface area contributed by atoms with Gasteiger partial charge in [-0.15, -0.1) is 11.3 Å². The van der Waals surface area contributed by atoms with Crippen molar-refractivity contribution in [1.29, 1.82) is 0 Å². The van der Waals surface area contributed by atoms with Gasteiger partial charge in [-0.1, -0.05) is 19.4 Å². The smallest absolute Gasteiger partial charge is 0.338 e. The second-order valence-corrected chi connectivity index (χ2v) is 7.78.